The first kappa shape index (κ1) is 11.2. The van der Waals surface area contributed by atoms with Gasteiger partial charge in [-0.15, -0.1) is 11.8 Å². The van der Waals surface area contributed by atoms with Gasteiger partial charge in [0.05, 0.1) is 10.6 Å². The molecule has 1 aromatic rings. The van der Waals surface area contributed by atoms with E-state index in [2.05, 4.69) is 10.3 Å². The first-order valence-electron chi connectivity index (χ1n) is 3.78. The fourth-order valence-corrected chi connectivity index (χ4v) is 1.34. The molecule has 0 aromatic carbocycles. The Balaban J connectivity index is 3.17. The topological polar surface area (TPSA) is 24.9 Å². The molecule has 0 saturated heterocycles. The number of rotatable bonds is 2. The van der Waals surface area contributed by atoms with Crippen LogP contribution in [0.25, 0.3) is 0 Å². The van der Waals surface area contributed by atoms with Crippen molar-refractivity contribution in [3.63, 3.8) is 0 Å². The van der Waals surface area contributed by atoms with E-state index >= 15 is 0 Å². The number of hydrogen-bond donors (Lipinski definition) is 1. The Morgan fingerprint density at radius 2 is 2.00 bits per heavy atom. The van der Waals surface area contributed by atoms with Gasteiger partial charge in [-0.05, 0) is 18.4 Å². The predicted octanol–water partition coefficient (Wildman–Crippen LogP) is 2.86. The fourth-order valence-electron chi connectivity index (χ4n) is 0.902. The van der Waals surface area contributed by atoms with Crippen molar-refractivity contribution in [3.05, 3.63) is 17.7 Å². The molecule has 1 rings (SSSR count). The molecule has 0 radical (unpaired) electrons. The number of aromatic nitrogens is 1. The number of hydrogen-bond acceptors (Lipinski definition) is 3. The average molecular weight is 222 g/mol. The van der Waals surface area contributed by atoms with Crippen molar-refractivity contribution >= 4 is 17.6 Å². The lowest BCUT2D eigenvalue weighted by Gasteiger charge is -2.09. The van der Waals surface area contributed by atoms with Crippen molar-refractivity contribution < 1.29 is 13.2 Å². The first-order chi connectivity index (χ1) is 6.47. The smallest absolute Gasteiger partial charge is 0.373 e. The fraction of sp³-hybridized carbons (Fsp3) is 0.375. The Labute approximate surface area is 83.9 Å². The third-order valence-corrected chi connectivity index (χ3v) is 2.22. The minimum Gasteiger partial charge on any atom is -0.373 e. The van der Waals surface area contributed by atoms with Crippen LogP contribution in [-0.2, 0) is 6.18 Å². The summed E-state index contributed by atoms with van der Waals surface area (Å²) in [5.41, 5.74) is -0.679. The Kier molecular flexibility index (Phi) is 3.25. The Morgan fingerprint density at radius 3 is 2.43 bits per heavy atom. The van der Waals surface area contributed by atoms with Gasteiger partial charge in [0.15, 0.2) is 0 Å². The molecule has 6 heteroatoms. The number of nitrogens with zero attached hydrogens (tertiary/aromatic N) is 1. The van der Waals surface area contributed by atoms with Crippen LogP contribution in [0.15, 0.2) is 17.2 Å². The molecular weight excluding hydrogens is 213 g/mol. The molecule has 1 aromatic heterocycles. The number of thioether (sulfide) groups is 1. The number of nitrogens with one attached hydrogen (secondary N) is 1. The van der Waals surface area contributed by atoms with E-state index < -0.39 is 11.7 Å². The van der Waals surface area contributed by atoms with Crippen LogP contribution in [-0.4, -0.2) is 18.3 Å². The molecule has 0 amide bonds. The molecule has 0 unspecified atom stereocenters. The summed E-state index contributed by atoms with van der Waals surface area (Å²) < 4.78 is 37.1. The molecule has 0 bridgehead atoms. The van der Waals surface area contributed by atoms with Gasteiger partial charge in [-0.1, -0.05) is 0 Å². The van der Waals surface area contributed by atoms with Crippen LogP contribution in [0, 0.1) is 0 Å². The van der Waals surface area contributed by atoms with Crippen LogP contribution in [0.4, 0.5) is 19.0 Å². The monoisotopic (exact) mass is 222 g/mol. The zero-order valence-electron chi connectivity index (χ0n) is 7.64. The summed E-state index contributed by atoms with van der Waals surface area (Å²) in [6.45, 7) is 0. The maximum atomic E-state index is 12.4. The van der Waals surface area contributed by atoms with Gasteiger partial charge in [-0.25, -0.2) is 4.98 Å². The summed E-state index contributed by atoms with van der Waals surface area (Å²) in [6, 6.07) is 2.02. The molecular formula is C8H9F3N2S. The maximum absolute atomic E-state index is 12.4. The molecule has 0 saturated carbocycles. The largest absolute Gasteiger partial charge is 0.416 e. The van der Waals surface area contributed by atoms with Crippen LogP contribution >= 0.6 is 11.8 Å². The molecule has 1 N–H and O–H groups in total. The lowest BCUT2D eigenvalue weighted by atomic mass is 10.2. The second kappa shape index (κ2) is 4.08. The van der Waals surface area contributed by atoms with Gasteiger partial charge < -0.3 is 5.32 Å². The lowest BCUT2D eigenvalue weighted by molar-refractivity contribution is -0.137. The number of alkyl halides is 3. The van der Waals surface area contributed by atoms with Gasteiger partial charge in [-0.2, -0.15) is 13.2 Å². The van der Waals surface area contributed by atoms with Crippen LogP contribution in [0.3, 0.4) is 0 Å². The highest BCUT2D eigenvalue weighted by atomic mass is 32.2. The Bertz CT molecular complexity index is 303. The van der Waals surface area contributed by atoms with E-state index in [-0.39, 0.29) is 5.82 Å². The van der Waals surface area contributed by atoms with Crippen LogP contribution < -0.4 is 5.32 Å². The minimum atomic E-state index is -4.32. The Hall–Kier alpha value is -0.910. The average Bonchev–Trinajstić information content (AvgIpc) is 2.15. The van der Waals surface area contributed by atoms with Crippen molar-refractivity contribution in [1.29, 1.82) is 0 Å². The second-order valence-electron chi connectivity index (χ2n) is 2.53. The van der Waals surface area contributed by atoms with Gasteiger partial charge in [0.1, 0.15) is 5.82 Å². The van der Waals surface area contributed by atoms with E-state index in [0.29, 0.717) is 5.03 Å². The molecule has 0 atom stereocenters. The molecule has 0 aliphatic carbocycles. The lowest BCUT2D eigenvalue weighted by Crippen LogP contribution is -2.07. The van der Waals surface area contributed by atoms with E-state index in [1.165, 1.54) is 18.8 Å². The first-order valence-corrected chi connectivity index (χ1v) is 5.01. The van der Waals surface area contributed by atoms with E-state index in [0.717, 1.165) is 12.1 Å². The number of halogens is 3. The molecule has 0 aliphatic rings. The van der Waals surface area contributed by atoms with Crippen molar-refractivity contribution in [2.24, 2.45) is 0 Å². The van der Waals surface area contributed by atoms with E-state index in [9.17, 15) is 13.2 Å². The van der Waals surface area contributed by atoms with Crippen LogP contribution in [0.5, 0.6) is 0 Å². The summed E-state index contributed by atoms with van der Waals surface area (Å²) in [5, 5.41) is 2.94. The van der Waals surface area contributed by atoms with E-state index in [1.807, 2.05) is 0 Å². The SMILES string of the molecule is CNc1cc(C(F)(F)F)cc(SC)n1. The number of pyridine rings is 1. The second-order valence-corrected chi connectivity index (χ2v) is 3.36. The van der Waals surface area contributed by atoms with Crippen molar-refractivity contribution in [3.8, 4) is 0 Å². The summed E-state index contributed by atoms with van der Waals surface area (Å²) in [5.74, 6) is 0.226. The van der Waals surface area contributed by atoms with E-state index in [4.69, 9.17) is 0 Å². The highest BCUT2D eigenvalue weighted by Gasteiger charge is 2.31. The van der Waals surface area contributed by atoms with Gasteiger partial charge in [0, 0.05) is 7.05 Å². The minimum absolute atomic E-state index is 0.226. The predicted molar refractivity (Wildman–Crippen MR) is 50.6 cm³/mol. The quantitative estimate of drug-likeness (QED) is 0.779. The maximum Gasteiger partial charge on any atom is 0.416 e. The summed E-state index contributed by atoms with van der Waals surface area (Å²) in [6.07, 6.45) is -2.64. The molecule has 0 spiro atoms. The highest BCUT2D eigenvalue weighted by molar-refractivity contribution is 7.98. The zero-order chi connectivity index (χ0) is 10.8. The van der Waals surface area contributed by atoms with E-state index in [1.54, 1.807) is 6.26 Å². The Morgan fingerprint density at radius 1 is 1.36 bits per heavy atom. The molecule has 78 valence electrons. The molecule has 2 nitrogen and oxygen atoms in total. The molecule has 1 heterocycles. The summed E-state index contributed by atoms with van der Waals surface area (Å²) in [4.78, 5) is 3.94. The van der Waals surface area contributed by atoms with Gasteiger partial charge in [-0.3, -0.25) is 0 Å². The summed E-state index contributed by atoms with van der Waals surface area (Å²) in [7, 11) is 1.53. The normalized spacial score (nSPS) is 11.5. The standard InChI is InChI=1S/C8H9F3N2S/c1-12-6-3-5(8(9,10)11)4-7(13-6)14-2/h3-4H,1-2H3,(H,12,13). The third kappa shape index (κ3) is 2.54. The van der Waals surface area contributed by atoms with Gasteiger partial charge in [0.25, 0.3) is 0 Å². The molecule has 14 heavy (non-hydrogen) atoms. The third-order valence-electron chi connectivity index (χ3n) is 1.59. The van der Waals surface area contributed by atoms with Crippen LogP contribution in [0.1, 0.15) is 5.56 Å². The summed E-state index contributed by atoms with van der Waals surface area (Å²) >= 11 is 1.18. The van der Waals surface area contributed by atoms with Crippen molar-refractivity contribution in [1.82, 2.24) is 4.98 Å². The van der Waals surface area contributed by atoms with Gasteiger partial charge in [0.2, 0.25) is 0 Å². The van der Waals surface area contributed by atoms with Crippen molar-refractivity contribution in [2.75, 3.05) is 18.6 Å². The van der Waals surface area contributed by atoms with Crippen molar-refractivity contribution in [2.45, 2.75) is 11.2 Å². The van der Waals surface area contributed by atoms with Crippen LogP contribution in [0.2, 0.25) is 0 Å². The number of anilines is 1. The highest BCUT2D eigenvalue weighted by Crippen LogP contribution is 2.32. The molecule has 0 aliphatic heterocycles. The van der Waals surface area contributed by atoms with Gasteiger partial charge >= 0.3 is 6.18 Å². The zero-order valence-corrected chi connectivity index (χ0v) is 8.46. The molecule has 0 fully saturated rings.